The van der Waals surface area contributed by atoms with Crippen LogP contribution in [-0.4, -0.2) is 11.1 Å². The molecule has 0 spiro atoms. The van der Waals surface area contributed by atoms with Gasteiger partial charge in [-0.15, -0.1) is 0 Å². The summed E-state index contributed by atoms with van der Waals surface area (Å²) in [6.07, 6.45) is 1.04. The number of rotatable bonds is 3. The van der Waals surface area contributed by atoms with Crippen LogP contribution >= 0.6 is 11.6 Å². The third kappa shape index (κ3) is 3.75. The van der Waals surface area contributed by atoms with Gasteiger partial charge in [-0.05, 0) is 29.8 Å². The highest BCUT2D eigenvalue weighted by Crippen LogP contribution is 2.11. The monoisotopic (exact) mass is 262 g/mol. The second-order valence-electron chi connectivity index (χ2n) is 3.55. The Hall–Kier alpha value is -2.07. The average molecular weight is 263 g/mol. The Morgan fingerprint density at radius 1 is 1.28 bits per heavy atom. The van der Waals surface area contributed by atoms with E-state index in [4.69, 9.17) is 16.3 Å². The van der Waals surface area contributed by atoms with Gasteiger partial charge in [-0.1, -0.05) is 29.8 Å². The van der Waals surface area contributed by atoms with E-state index >= 15 is 0 Å². The van der Waals surface area contributed by atoms with E-state index < -0.39 is 6.09 Å². The summed E-state index contributed by atoms with van der Waals surface area (Å²) in [7, 11) is 0. The van der Waals surface area contributed by atoms with Gasteiger partial charge in [0, 0.05) is 11.2 Å². The molecule has 2 aromatic rings. The number of amides is 1. The molecule has 1 aromatic carbocycles. The van der Waals surface area contributed by atoms with Crippen LogP contribution in [0.2, 0.25) is 5.02 Å². The van der Waals surface area contributed by atoms with Gasteiger partial charge in [0.2, 0.25) is 0 Å². The second kappa shape index (κ2) is 6.02. The van der Waals surface area contributed by atoms with Crippen LogP contribution in [0.3, 0.4) is 0 Å². The summed E-state index contributed by atoms with van der Waals surface area (Å²) in [5.41, 5.74) is 0.832. The summed E-state index contributed by atoms with van der Waals surface area (Å²) in [5, 5.41) is 3.13. The molecule has 0 saturated carbocycles. The molecule has 1 aromatic heterocycles. The van der Waals surface area contributed by atoms with Crippen LogP contribution in [0.4, 0.5) is 10.6 Å². The third-order valence-electron chi connectivity index (χ3n) is 2.15. The Bertz CT molecular complexity index is 532. The molecule has 18 heavy (non-hydrogen) atoms. The predicted molar refractivity (Wildman–Crippen MR) is 69.5 cm³/mol. The Kier molecular flexibility index (Phi) is 4.15. The molecule has 0 aliphatic carbocycles. The molecule has 1 amide bonds. The number of hydrogen-bond donors (Lipinski definition) is 1. The fourth-order valence-electron chi connectivity index (χ4n) is 1.35. The first kappa shape index (κ1) is 12.4. The normalized spacial score (nSPS) is 9.83. The van der Waals surface area contributed by atoms with Crippen molar-refractivity contribution in [2.75, 3.05) is 5.32 Å². The first-order valence-electron chi connectivity index (χ1n) is 5.33. The van der Waals surface area contributed by atoms with Crippen molar-refractivity contribution in [2.45, 2.75) is 6.61 Å². The SMILES string of the molecule is O=C(Nc1ccccn1)OCc1cccc(Cl)c1. The topological polar surface area (TPSA) is 51.2 Å². The molecule has 0 radical (unpaired) electrons. The number of nitrogens with zero attached hydrogens (tertiary/aromatic N) is 1. The smallest absolute Gasteiger partial charge is 0.413 e. The minimum Gasteiger partial charge on any atom is -0.444 e. The molecule has 0 bridgehead atoms. The highest BCUT2D eigenvalue weighted by molar-refractivity contribution is 6.30. The standard InChI is InChI=1S/C13H11ClN2O2/c14-11-5-3-4-10(8-11)9-18-13(17)16-12-6-1-2-7-15-12/h1-8H,9H2,(H,15,16,17). The van der Waals surface area contributed by atoms with Gasteiger partial charge in [0.25, 0.3) is 0 Å². The summed E-state index contributed by atoms with van der Waals surface area (Å²) >= 11 is 5.82. The van der Waals surface area contributed by atoms with Crippen LogP contribution in [0.15, 0.2) is 48.7 Å². The van der Waals surface area contributed by atoms with Crippen LogP contribution in [0.5, 0.6) is 0 Å². The van der Waals surface area contributed by atoms with E-state index in [9.17, 15) is 4.79 Å². The first-order valence-corrected chi connectivity index (χ1v) is 5.71. The number of carbonyl (C=O) groups is 1. The molecule has 0 atom stereocenters. The highest BCUT2D eigenvalue weighted by Gasteiger charge is 2.04. The summed E-state index contributed by atoms with van der Waals surface area (Å²) in [6.45, 7) is 0.166. The molecule has 0 aliphatic heterocycles. The van der Waals surface area contributed by atoms with Crippen molar-refractivity contribution in [1.82, 2.24) is 4.98 Å². The number of benzene rings is 1. The van der Waals surface area contributed by atoms with Gasteiger partial charge in [0.15, 0.2) is 0 Å². The average Bonchev–Trinajstić information content (AvgIpc) is 2.38. The van der Waals surface area contributed by atoms with Crippen molar-refractivity contribution in [3.63, 3.8) is 0 Å². The van der Waals surface area contributed by atoms with Crippen LogP contribution in [0.25, 0.3) is 0 Å². The van der Waals surface area contributed by atoms with Gasteiger partial charge in [-0.25, -0.2) is 9.78 Å². The summed E-state index contributed by atoms with van der Waals surface area (Å²) in [4.78, 5) is 15.4. The van der Waals surface area contributed by atoms with Crippen molar-refractivity contribution < 1.29 is 9.53 Å². The molecule has 2 rings (SSSR count). The van der Waals surface area contributed by atoms with E-state index in [1.807, 2.05) is 6.07 Å². The lowest BCUT2D eigenvalue weighted by molar-refractivity contribution is 0.155. The third-order valence-corrected chi connectivity index (χ3v) is 2.39. The second-order valence-corrected chi connectivity index (χ2v) is 3.98. The minimum atomic E-state index is -0.548. The molecule has 0 unspecified atom stereocenters. The summed E-state index contributed by atoms with van der Waals surface area (Å²) < 4.78 is 5.04. The van der Waals surface area contributed by atoms with Crippen LogP contribution < -0.4 is 5.32 Å². The van der Waals surface area contributed by atoms with Crippen molar-refractivity contribution in [2.24, 2.45) is 0 Å². The maximum atomic E-state index is 11.5. The molecular formula is C13H11ClN2O2. The Morgan fingerprint density at radius 3 is 2.89 bits per heavy atom. The number of anilines is 1. The van der Waals surface area contributed by atoms with E-state index in [2.05, 4.69) is 10.3 Å². The van der Waals surface area contributed by atoms with E-state index in [0.29, 0.717) is 10.8 Å². The molecule has 0 fully saturated rings. The number of nitrogens with one attached hydrogen (secondary N) is 1. The lowest BCUT2D eigenvalue weighted by Gasteiger charge is -2.06. The zero-order chi connectivity index (χ0) is 12.8. The number of aromatic nitrogens is 1. The van der Waals surface area contributed by atoms with Gasteiger partial charge in [0.05, 0.1) is 0 Å². The van der Waals surface area contributed by atoms with Crippen molar-refractivity contribution >= 4 is 23.5 Å². The summed E-state index contributed by atoms with van der Waals surface area (Å²) in [6, 6.07) is 12.4. The zero-order valence-electron chi connectivity index (χ0n) is 9.47. The zero-order valence-corrected chi connectivity index (χ0v) is 10.2. The highest BCUT2D eigenvalue weighted by atomic mass is 35.5. The van der Waals surface area contributed by atoms with E-state index in [1.165, 1.54) is 0 Å². The molecule has 1 N–H and O–H groups in total. The number of halogens is 1. The number of ether oxygens (including phenoxy) is 1. The van der Waals surface area contributed by atoms with Gasteiger partial charge in [-0.2, -0.15) is 0 Å². The first-order chi connectivity index (χ1) is 8.74. The molecule has 0 aliphatic rings. The lowest BCUT2D eigenvalue weighted by Crippen LogP contribution is -2.14. The fraction of sp³-hybridized carbons (Fsp3) is 0.0769. The maximum Gasteiger partial charge on any atom is 0.413 e. The van der Waals surface area contributed by atoms with Crippen molar-refractivity contribution in [3.05, 3.63) is 59.2 Å². The van der Waals surface area contributed by atoms with Gasteiger partial charge < -0.3 is 4.74 Å². The van der Waals surface area contributed by atoms with Crippen LogP contribution in [0.1, 0.15) is 5.56 Å². The minimum absolute atomic E-state index is 0.166. The van der Waals surface area contributed by atoms with E-state index in [1.54, 1.807) is 42.6 Å². The molecular weight excluding hydrogens is 252 g/mol. The molecule has 4 nitrogen and oxygen atoms in total. The number of pyridine rings is 1. The van der Waals surface area contributed by atoms with E-state index in [0.717, 1.165) is 5.56 Å². The summed E-state index contributed by atoms with van der Waals surface area (Å²) in [5.74, 6) is 0.452. The quantitative estimate of drug-likeness (QED) is 0.921. The molecule has 92 valence electrons. The largest absolute Gasteiger partial charge is 0.444 e. The lowest BCUT2D eigenvalue weighted by atomic mass is 10.2. The van der Waals surface area contributed by atoms with Gasteiger partial charge >= 0.3 is 6.09 Å². The number of carbonyl (C=O) groups excluding carboxylic acids is 1. The maximum absolute atomic E-state index is 11.5. The molecule has 5 heteroatoms. The predicted octanol–water partition coefficient (Wildman–Crippen LogP) is 3.48. The van der Waals surface area contributed by atoms with Gasteiger partial charge in [-0.3, -0.25) is 5.32 Å². The van der Waals surface area contributed by atoms with Crippen molar-refractivity contribution in [1.29, 1.82) is 0 Å². The van der Waals surface area contributed by atoms with E-state index in [-0.39, 0.29) is 6.61 Å². The van der Waals surface area contributed by atoms with Crippen LogP contribution in [0, 0.1) is 0 Å². The Labute approximate surface area is 110 Å². The fourth-order valence-corrected chi connectivity index (χ4v) is 1.57. The molecule has 0 saturated heterocycles. The van der Waals surface area contributed by atoms with Crippen molar-refractivity contribution in [3.8, 4) is 0 Å². The Morgan fingerprint density at radius 2 is 2.17 bits per heavy atom. The molecule has 1 heterocycles. The van der Waals surface area contributed by atoms with Gasteiger partial charge in [0.1, 0.15) is 12.4 Å². The Balaban J connectivity index is 1.85. The van der Waals surface area contributed by atoms with Crippen LogP contribution in [-0.2, 0) is 11.3 Å². The number of hydrogen-bond acceptors (Lipinski definition) is 3.